The van der Waals surface area contributed by atoms with Crippen molar-refractivity contribution in [3.8, 4) is 0 Å². The highest BCUT2D eigenvalue weighted by Crippen LogP contribution is 2.23. The molecule has 1 aromatic carbocycles. The molecule has 0 spiro atoms. The minimum atomic E-state index is -0.478. The lowest BCUT2D eigenvalue weighted by atomic mass is 10.1. The average Bonchev–Trinajstić information content (AvgIpc) is 3.18. The van der Waals surface area contributed by atoms with E-state index in [-0.39, 0.29) is 5.56 Å². The molecule has 154 valence electrons. The maximum atomic E-state index is 13.9. The van der Waals surface area contributed by atoms with Gasteiger partial charge in [0.2, 0.25) is 0 Å². The number of nitrogens with one attached hydrogen (secondary N) is 3. The molecule has 0 saturated carbocycles. The van der Waals surface area contributed by atoms with Gasteiger partial charge in [-0.05, 0) is 24.3 Å². The van der Waals surface area contributed by atoms with Crippen molar-refractivity contribution in [3.05, 3.63) is 71.2 Å². The van der Waals surface area contributed by atoms with Crippen molar-refractivity contribution in [1.82, 2.24) is 15.3 Å². The van der Waals surface area contributed by atoms with Crippen molar-refractivity contribution in [3.63, 3.8) is 0 Å². The van der Waals surface area contributed by atoms with Crippen LogP contribution in [0.15, 0.2) is 42.9 Å². The first-order chi connectivity index (χ1) is 14.6. The van der Waals surface area contributed by atoms with Gasteiger partial charge in [0.25, 0.3) is 0 Å². The van der Waals surface area contributed by atoms with E-state index >= 15 is 0 Å². The summed E-state index contributed by atoms with van der Waals surface area (Å²) >= 11 is 0. The number of fused-ring (bicyclic) bond motifs is 1. The number of pyridine rings is 1. The quantitative estimate of drug-likeness (QED) is 0.489. The van der Waals surface area contributed by atoms with E-state index in [9.17, 15) is 8.78 Å². The van der Waals surface area contributed by atoms with Crippen LogP contribution in [-0.4, -0.2) is 35.3 Å². The number of H-pyrrole nitrogens is 1. The Morgan fingerprint density at radius 2 is 1.93 bits per heavy atom. The summed E-state index contributed by atoms with van der Waals surface area (Å²) in [6.07, 6.45) is 12.5. The van der Waals surface area contributed by atoms with Crippen LogP contribution in [0.4, 0.5) is 8.78 Å². The van der Waals surface area contributed by atoms with Crippen molar-refractivity contribution in [2.24, 2.45) is 5.73 Å². The van der Waals surface area contributed by atoms with E-state index in [0.717, 1.165) is 60.2 Å². The van der Waals surface area contributed by atoms with E-state index in [4.69, 9.17) is 5.73 Å². The zero-order valence-electron chi connectivity index (χ0n) is 16.5. The maximum absolute atomic E-state index is 13.9. The molecule has 0 radical (unpaired) electrons. The summed E-state index contributed by atoms with van der Waals surface area (Å²) in [5.41, 5.74) is 9.31. The second kappa shape index (κ2) is 9.00. The van der Waals surface area contributed by atoms with Crippen molar-refractivity contribution in [1.29, 1.82) is 0 Å². The van der Waals surface area contributed by atoms with Crippen molar-refractivity contribution < 1.29 is 13.8 Å². The molecule has 1 saturated heterocycles. The van der Waals surface area contributed by atoms with Gasteiger partial charge in [-0.1, -0.05) is 12.2 Å². The Balaban J connectivity index is 1.61. The summed E-state index contributed by atoms with van der Waals surface area (Å²) in [5, 5.41) is 4.21. The number of nitrogens with zero attached hydrogens (tertiary/aromatic N) is 1. The van der Waals surface area contributed by atoms with E-state index in [1.807, 2.05) is 12.3 Å². The Morgan fingerprint density at radius 1 is 1.13 bits per heavy atom. The third kappa shape index (κ3) is 4.46. The smallest absolute Gasteiger partial charge is 0.171 e. The standard InChI is InChI=1S/C23H23F2N5/c24-19-3-4-22(25)15(9-19)1-2-16-12-29-23-21(16)10-17(13-30-23)18(11-26)14-28-20-5-7-27-8-6-20/h1-4,9-14,20,27H,5-8,26H2,(H,29,30)/p+1/b2-1+,18-11?,28-14?. The number of piperidine rings is 1. The fourth-order valence-corrected chi connectivity index (χ4v) is 3.57. The molecule has 4 rings (SSSR count). The SMILES string of the molecule is NC=C(C=[NH+]C1CCNCC1)c1cnc2[nH]cc(/C=C/c3cc(F)ccc3F)c2c1. The summed E-state index contributed by atoms with van der Waals surface area (Å²) in [7, 11) is 0. The molecular formula is C23H24F2N5+. The van der Waals surface area contributed by atoms with Crippen LogP contribution in [0.5, 0.6) is 0 Å². The Hall–Kier alpha value is -3.32. The lowest BCUT2D eigenvalue weighted by Gasteiger charge is -2.14. The molecule has 2 aromatic heterocycles. The van der Waals surface area contributed by atoms with Crippen LogP contribution >= 0.6 is 0 Å². The second-order valence-electron chi connectivity index (χ2n) is 7.32. The Bertz CT molecular complexity index is 1120. The molecule has 0 amide bonds. The van der Waals surface area contributed by atoms with Crippen molar-refractivity contribution in [2.45, 2.75) is 18.9 Å². The first-order valence-corrected chi connectivity index (χ1v) is 9.96. The van der Waals surface area contributed by atoms with E-state index in [2.05, 4.69) is 20.3 Å². The molecule has 5 N–H and O–H groups in total. The van der Waals surface area contributed by atoms with Crippen LogP contribution < -0.4 is 16.0 Å². The Labute approximate surface area is 173 Å². The monoisotopic (exact) mass is 408 g/mol. The van der Waals surface area contributed by atoms with Crippen LogP contribution in [0.3, 0.4) is 0 Å². The molecule has 0 bridgehead atoms. The highest BCUT2D eigenvalue weighted by molar-refractivity contribution is 6.08. The molecule has 3 heterocycles. The number of nitrogens with two attached hydrogens (primary N) is 1. The number of allylic oxidation sites excluding steroid dienone is 1. The van der Waals surface area contributed by atoms with Gasteiger partial charge in [0, 0.05) is 66.6 Å². The number of aromatic amines is 1. The Morgan fingerprint density at radius 3 is 2.73 bits per heavy atom. The molecule has 0 unspecified atom stereocenters. The van der Waals surface area contributed by atoms with Gasteiger partial charge >= 0.3 is 0 Å². The summed E-state index contributed by atoms with van der Waals surface area (Å²) < 4.78 is 27.3. The molecular weight excluding hydrogens is 384 g/mol. The highest BCUT2D eigenvalue weighted by Gasteiger charge is 2.16. The predicted molar refractivity (Wildman–Crippen MR) is 116 cm³/mol. The van der Waals surface area contributed by atoms with Gasteiger partial charge in [0.1, 0.15) is 17.3 Å². The molecule has 1 aliphatic rings. The summed E-state index contributed by atoms with van der Waals surface area (Å²) in [6.45, 7) is 2.01. The Kier molecular flexibility index (Phi) is 5.99. The van der Waals surface area contributed by atoms with Gasteiger partial charge in [-0.15, -0.1) is 0 Å². The number of rotatable bonds is 5. The normalized spacial score (nSPS) is 16.3. The number of benzene rings is 1. The number of aromatic nitrogens is 2. The van der Waals surface area contributed by atoms with E-state index in [1.54, 1.807) is 30.7 Å². The first-order valence-electron chi connectivity index (χ1n) is 9.96. The molecule has 7 heteroatoms. The summed E-state index contributed by atoms with van der Waals surface area (Å²) in [4.78, 5) is 11.0. The maximum Gasteiger partial charge on any atom is 0.171 e. The van der Waals surface area contributed by atoms with E-state index in [1.165, 1.54) is 6.07 Å². The van der Waals surface area contributed by atoms with Gasteiger partial charge < -0.3 is 16.0 Å². The molecule has 3 aromatic rings. The lowest BCUT2D eigenvalue weighted by Crippen LogP contribution is -2.78. The van der Waals surface area contributed by atoms with Gasteiger partial charge in [-0.2, -0.15) is 0 Å². The third-order valence-corrected chi connectivity index (χ3v) is 5.29. The topological polar surface area (TPSA) is 80.7 Å². The number of hydrogen-bond donors (Lipinski definition) is 4. The zero-order valence-corrected chi connectivity index (χ0v) is 16.5. The zero-order chi connectivity index (χ0) is 20.9. The van der Waals surface area contributed by atoms with E-state index in [0.29, 0.717) is 11.7 Å². The second-order valence-corrected chi connectivity index (χ2v) is 7.32. The fourth-order valence-electron chi connectivity index (χ4n) is 3.57. The summed E-state index contributed by atoms with van der Waals surface area (Å²) in [6, 6.07) is 5.79. The number of hydrogen-bond acceptors (Lipinski definition) is 3. The molecule has 1 aliphatic heterocycles. The van der Waals surface area contributed by atoms with E-state index < -0.39 is 11.6 Å². The van der Waals surface area contributed by atoms with Crippen LogP contribution in [0.1, 0.15) is 29.5 Å². The minimum Gasteiger partial charge on any atom is -0.404 e. The highest BCUT2D eigenvalue weighted by atomic mass is 19.1. The van der Waals surface area contributed by atoms with Gasteiger partial charge in [0.15, 0.2) is 12.3 Å². The molecule has 0 atom stereocenters. The lowest BCUT2D eigenvalue weighted by molar-refractivity contribution is -0.500. The van der Waals surface area contributed by atoms with Crippen LogP contribution in [0.25, 0.3) is 28.8 Å². The largest absolute Gasteiger partial charge is 0.404 e. The average molecular weight is 408 g/mol. The van der Waals surface area contributed by atoms with Crippen molar-refractivity contribution >= 4 is 35.0 Å². The predicted octanol–water partition coefficient (Wildman–Crippen LogP) is 2.21. The molecule has 1 fully saturated rings. The van der Waals surface area contributed by atoms with Crippen molar-refractivity contribution in [2.75, 3.05) is 13.1 Å². The number of halogens is 2. The van der Waals surface area contributed by atoms with Gasteiger partial charge in [0.05, 0.1) is 5.57 Å². The first kappa shape index (κ1) is 20.0. The molecule has 0 aliphatic carbocycles. The van der Waals surface area contributed by atoms with Crippen LogP contribution in [-0.2, 0) is 0 Å². The van der Waals surface area contributed by atoms with Gasteiger partial charge in [-0.25, -0.2) is 18.8 Å². The molecule has 5 nitrogen and oxygen atoms in total. The fraction of sp³-hybridized carbons (Fsp3) is 0.217. The summed E-state index contributed by atoms with van der Waals surface area (Å²) in [5.74, 6) is -0.952. The van der Waals surface area contributed by atoms with Crippen LogP contribution in [0, 0.1) is 11.6 Å². The van der Waals surface area contributed by atoms with Gasteiger partial charge in [-0.3, -0.25) is 0 Å². The third-order valence-electron chi connectivity index (χ3n) is 5.29. The molecule has 30 heavy (non-hydrogen) atoms. The van der Waals surface area contributed by atoms with Crippen LogP contribution in [0.2, 0.25) is 0 Å². The minimum absolute atomic E-state index is 0.190.